The molecule has 4 nitrogen and oxygen atoms in total. The molecule has 4 atom stereocenters. The van der Waals surface area contributed by atoms with E-state index in [-0.39, 0.29) is 30.6 Å². The van der Waals surface area contributed by atoms with Gasteiger partial charge in [-0.2, -0.15) is 0 Å². The van der Waals surface area contributed by atoms with Crippen LogP contribution in [0.25, 0.3) is 0 Å². The summed E-state index contributed by atoms with van der Waals surface area (Å²) >= 11 is 0. The van der Waals surface area contributed by atoms with E-state index in [0.717, 1.165) is 6.42 Å². The fourth-order valence-electron chi connectivity index (χ4n) is 2.40. The first-order chi connectivity index (χ1) is 10.0. The van der Waals surface area contributed by atoms with E-state index in [4.69, 9.17) is 9.47 Å². The molecule has 0 N–H and O–H groups in total. The summed E-state index contributed by atoms with van der Waals surface area (Å²) in [6, 6.07) is 0. The van der Waals surface area contributed by atoms with Gasteiger partial charge < -0.3 is 9.47 Å². The minimum atomic E-state index is -0.328. The molecule has 1 rings (SSSR count). The van der Waals surface area contributed by atoms with Crippen LogP contribution in [0.1, 0.15) is 53.4 Å². The van der Waals surface area contributed by atoms with Gasteiger partial charge in [-0.15, -0.1) is 0 Å². The molecular formula is C17H28O4. The van der Waals surface area contributed by atoms with Crippen molar-refractivity contribution in [1.82, 2.24) is 0 Å². The third kappa shape index (κ3) is 6.32. The summed E-state index contributed by atoms with van der Waals surface area (Å²) in [7, 11) is 0. The minimum Gasteiger partial charge on any atom is -0.462 e. The van der Waals surface area contributed by atoms with Gasteiger partial charge in [-0.1, -0.05) is 32.9 Å². The first kappa shape index (κ1) is 17.7. The summed E-state index contributed by atoms with van der Waals surface area (Å²) in [6.45, 7) is 7.76. The molecule has 4 heteroatoms. The summed E-state index contributed by atoms with van der Waals surface area (Å²) in [4.78, 5) is 23.2. The van der Waals surface area contributed by atoms with Crippen LogP contribution in [0.2, 0.25) is 0 Å². The average Bonchev–Trinajstić information content (AvgIpc) is 3.20. The summed E-state index contributed by atoms with van der Waals surface area (Å²) in [5, 5.41) is 0. The van der Waals surface area contributed by atoms with E-state index in [9.17, 15) is 9.59 Å². The highest BCUT2D eigenvalue weighted by Gasteiger charge is 2.37. The molecule has 0 aromatic rings. The Hall–Kier alpha value is -1.32. The van der Waals surface area contributed by atoms with Crippen molar-refractivity contribution >= 4 is 11.9 Å². The van der Waals surface area contributed by atoms with Crippen LogP contribution in [-0.2, 0) is 19.1 Å². The normalized spacial score (nSPS) is 23.6. The van der Waals surface area contributed by atoms with Crippen LogP contribution in [0.3, 0.4) is 0 Å². The fraction of sp³-hybridized carbons (Fsp3) is 0.765. The molecular weight excluding hydrogens is 268 g/mol. The van der Waals surface area contributed by atoms with Crippen molar-refractivity contribution in [1.29, 1.82) is 0 Å². The van der Waals surface area contributed by atoms with E-state index < -0.39 is 0 Å². The number of allylic oxidation sites excluding steroid dienone is 2. The molecule has 0 heterocycles. The van der Waals surface area contributed by atoms with E-state index in [1.54, 1.807) is 6.92 Å². The number of rotatable bonds is 9. The second-order valence-corrected chi connectivity index (χ2v) is 5.83. The van der Waals surface area contributed by atoms with Crippen LogP contribution in [-0.4, -0.2) is 24.6 Å². The van der Waals surface area contributed by atoms with Crippen molar-refractivity contribution in [3.63, 3.8) is 0 Å². The highest BCUT2D eigenvalue weighted by molar-refractivity contribution is 5.72. The SMILES string of the molecule is C/C=C\C1CC1CC(C)C(=O)OCC(CC)OC(=O)CC. The number of esters is 2. The predicted octanol–water partition coefficient (Wildman–Crippen LogP) is 3.50. The molecule has 0 aromatic heterocycles. The lowest BCUT2D eigenvalue weighted by Gasteiger charge is -2.17. The molecule has 0 spiro atoms. The van der Waals surface area contributed by atoms with Crippen molar-refractivity contribution in [3.05, 3.63) is 12.2 Å². The van der Waals surface area contributed by atoms with Gasteiger partial charge in [-0.3, -0.25) is 9.59 Å². The first-order valence-corrected chi connectivity index (χ1v) is 8.00. The summed E-state index contributed by atoms with van der Waals surface area (Å²) in [5.74, 6) is 0.720. The third-order valence-electron chi connectivity index (χ3n) is 3.93. The zero-order valence-corrected chi connectivity index (χ0v) is 13.6. The van der Waals surface area contributed by atoms with E-state index in [2.05, 4.69) is 12.2 Å². The Balaban J connectivity index is 2.27. The highest BCUT2D eigenvalue weighted by Crippen LogP contribution is 2.44. The monoisotopic (exact) mass is 296 g/mol. The smallest absolute Gasteiger partial charge is 0.308 e. The lowest BCUT2D eigenvalue weighted by Crippen LogP contribution is -2.26. The van der Waals surface area contributed by atoms with Gasteiger partial charge in [0.2, 0.25) is 0 Å². The van der Waals surface area contributed by atoms with E-state index in [1.165, 1.54) is 6.42 Å². The van der Waals surface area contributed by atoms with Crippen molar-refractivity contribution in [2.75, 3.05) is 6.61 Å². The Morgan fingerprint density at radius 3 is 2.62 bits per heavy atom. The Labute approximate surface area is 127 Å². The van der Waals surface area contributed by atoms with Crippen molar-refractivity contribution in [2.24, 2.45) is 17.8 Å². The van der Waals surface area contributed by atoms with Gasteiger partial charge in [0.25, 0.3) is 0 Å². The van der Waals surface area contributed by atoms with E-state index in [0.29, 0.717) is 24.7 Å². The Morgan fingerprint density at radius 2 is 2.05 bits per heavy atom. The predicted molar refractivity (Wildman–Crippen MR) is 81.6 cm³/mol. The van der Waals surface area contributed by atoms with Gasteiger partial charge in [0.15, 0.2) is 0 Å². The van der Waals surface area contributed by atoms with Gasteiger partial charge in [-0.25, -0.2) is 0 Å². The number of carbonyl (C=O) groups is 2. The van der Waals surface area contributed by atoms with Gasteiger partial charge in [0.05, 0.1) is 5.92 Å². The Kier molecular flexibility index (Phi) is 7.48. The molecule has 0 radical (unpaired) electrons. The van der Waals surface area contributed by atoms with Gasteiger partial charge >= 0.3 is 11.9 Å². The number of ether oxygens (including phenoxy) is 2. The lowest BCUT2D eigenvalue weighted by atomic mass is 10.0. The topological polar surface area (TPSA) is 52.6 Å². The second-order valence-electron chi connectivity index (χ2n) is 5.83. The van der Waals surface area contributed by atoms with E-state index >= 15 is 0 Å². The zero-order valence-electron chi connectivity index (χ0n) is 13.6. The molecule has 0 aromatic carbocycles. The third-order valence-corrected chi connectivity index (χ3v) is 3.93. The zero-order chi connectivity index (χ0) is 15.8. The van der Waals surface area contributed by atoms with Crippen molar-refractivity contribution in [3.8, 4) is 0 Å². The number of carbonyl (C=O) groups excluding carboxylic acids is 2. The molecule has 4 unspecified atom stereocenters. The summed E-state index contributed by atoms with van der Waals surface area (Å²) in [6.07, 6.45) is 6.99. The van der Waals surface area contributed by atoms with Crippen LogP contribution >= 0.6 is 0 Å². The van der Waals surface area contributed by atoms with Gasteiger partial charge in [0, 0.05) is 6.42 Å². The van der Waals surface area contributed by atoms with Crippen LogP contribution in [0, 0.1) is 17.8 Å². The molecule has 0 amide bonds. The van der Waals surface area contributed by atoms with Gasteiger partial charge in [0.1, 0.15) is 12.7 Å². The maximum Gasteiger partial charge on any atom is 0.308 e. The molecule has 0 saturated heterocycles. The summed E-state index contributed by atoms with van der Waals surface area (Å²) < 4.78 is 10.5. The molecule has 1 fully saturated rings. The second kappa shape index (κ2) is 8.85. The van der Waals surface area contributed by atoms with E-state index in [1.807, 2.05) is 20.8 Å². The lowest BCUT2D eigenvalue weighted by molar-refractivity contribution is -0.161. The largest absolute Gasteiger partial charge is 0.462 e. The van der Waals surface area contributed by atoms with Crippen LogP contribution in [0.4, 0.5) is 0 Å². The fourth-order valence-corrected chi connectivity index (χ4v) is 2.40. The van der Waals surface area contributed by atoms with Crippen LogP contribution in [0.15, 0.2) is 12.2 Å². The Morgan fingerprint density at radius 1 is 1.33 bits per heavy atom. The summed E-state index contributed by atoms with van der Waals surface area (Å²) in [5.41, 5.74) is 0. The molecule has 1 aliphatic rings. The quantitative estimate of drug-likeness (QED) is 0.483. The standard InChI is InChI=1S/C17H28O4/c1-5-8-13-10-14(13)9-12(4)17(19)20-11-15(6-2)21-16(18)7-3/h5,8,12-15H,6-7,9-11H2,1-4H3/b8-5-. The molecule has 0 aliphatic heterocycles. The van der Waals surface area contributed by atoms with Crippen LogP contribution < -0.4 is 0 Å². The molecule has 1 saturated carbocycles. The average molecular weight is 296 g/mol. The van der Waals surface area contributed by atoms with Crippen molar-refractivity contribution in [2.45, 2.75) is 59.5 Å². The maximum absolute atomic E-state index is 12.0. The Bertz CT molecular complexity index is 375. The first-order valence-electron chi connectivity index (χ1n) is 8.00. The van der Waals surface area contributed by atoms with Gasteiger partial charge in [-0.05, 0) is 38.0 Å². The minimum absolute atomic E-state index is 0.0929. The highest BCUT2D eigenvalue weighted by atomic mass is 16.6. The number of hydrogen-bond acceptors (Lipinski definition) is 4. The molecule has 1 aliphatic carbocycles. The van der Waals surface area contributed by atoms with Crippen LogP contribution in [0.5, 0.6) is 0 Å². The molecule has 21 heavy (non-hydrogen) atoms. The molecule has 0 bridgehead atoms. The molecule has 120 valence electrons. The number of hydrogen-bond donors (Lipinski definition) is 0. The van der Waals surface area contributed by atoms with Crippen molar-refractivity contribution < 1.29 is 19.1 Å². The maximum atomic E-state index is 12.0.